The number of Topliss-reactive ketones (excluding diaryl/α,β-unsaturated/α-hetero) is 1. The molecule has 0 radical (unpaired) electrons. The lowest BCUT2D eigenvalue weighted by Gasteiger charge is -2.39. The third-order valence-corrected chi connectivity index (χ3v) is 8.08. The lowest BCUT2D eigenvalue weighted by molar-refractivity contribution is -0.133. The highest BCUT2D eigenvalue weighted by Crippen LogP contribution is 2.31. The molecule has 1 aromatic carbocycles. The normalized spacial score (nSPS) is 20.3. The Morgan fingerprint density at radius 1 is 1.11 bits per heavy atom. The predicted octanol–water partition coefficient (Wildman–Crippen LogP) is 2.39. The Bertz CT molecular complexity index is 1230. The topological polar surface area (TPSA) is 126 Å². The summed E-state index contributed by atoms with van der Waals surface area (Å²) >= 11 is 0. The lowest BCUT2D eigenvalue weighted by atomic mass is 9.80. The molecule has 2 aromatic rings. The van der Waals surface area contributed by atoms with Crippen LogP contribution in [0.15, 0.2) is 45.9 Å². The fraction of sp³-hybridized carbons (Fsp3) is 0.480. The molecule has 0 spiro atoms. The van der Waals surface area contributed by atoms with Gasteiger partial charge in [-0.3, -0.25) is 14.4 Å². The van der Waals surface area contributed by atoms with Crippen LogP contribution in [-0.4, -0.2) is 56.9 Å². The van der Waals surface area contributed by atoms with E-state index in [2.05, 4.69) is 10.6 Å². The number of furan rings is 1. The number of amides is 2. The van der Waals surface area contributed by atoms with Crippen LogP contribution >= 0.6 is 0 Å². The molecule has 1 saturated heterocycles. The lowest BCUT2D eigenvalue weighted by Crippen LogP contribution is -2.63. The first-order valence-corrected chi connectivity index (χ1v) is 13.7. The number of rotatable bonds is 6. The zero-order valence-corrected chi connectivity index (χ0v) is 20.8. The maximum absolute atomic E-state index is 13.5. The Balaban J connectivity index is 1.47. The minimum atomic E-state index is -3.46. The molecule has 9 nitrogen and oxygen atoms in total. The van der Waals surface area contributed by atoms with E-state index >= 15 is 0 Å². The summed E-state index contributed by atoms with van der Waals surface area (Å²) in [5, 5.41) is 5.83. The molecule has 2 amide bonds. The van der Waals surface area contributed by atoms with Crippen molar-refractivity contribution in [2.45, 2.75) is 61.9 Å². The number of benzene rings is 1. The third kappa shape index (κ3) is 5.27. The van der Waals surface area contributed by atoms with Gasteiger partial charge < -0.3 is 20.0 Å². The molecule has 1 unspecified atom stereocenters. The van der Waals surface area contributed by atoms with Crippen LogP contribution in [0.25, 0.3) is 0 Å². The van der Waals surface area contributed by atoms with Gasteiger partial charge in [-0.15, -0.1) is 0 Å². The van der Waals surface area contributed by atoms with Crippen molar-refractivity contribution in [3.63, 3.8) is 0 Å². The Hall–Kier alpha value is -3.14. The average Bonchev–Trinajstić information content (AvgIpc) is 3.26. The number of piperidine rings is 1. The van der Waals surface area contributed by atoms with Crippen LogP contribution < -0.4 is 15.5 Å². The maximum atomic E-state index is 13.5. The van der Waals surface area contributed by atoms with Crippen LogP contribution in [0, 0.1) is 6.92 Å². The molecule has 2 heterocycles. The number of aryl methyl sites for hydroxylation is 1. The second-order valence-corrected chi connectivity index (χ2v) is 11.4. The molecule has 2 aliphatic rings. The third-order valence-electron chi connectivity index (χ3n) is 6.93. The maximum Gasteiger partial charge on any atom is 0.255 e. The molecule has 1 saturated carbocycles. The number of para-hydroxylation sites is 1. The first kappa shape index (κ1) is 25.0. The van der Waals surface area contributed by atoms with Gasteiger partial charge in [-0.25, -0.2) is 8.42 Å². The van der Waals surface area contributed by atoms with E-state index in [4.69, 9.17) is 4.42 Å². The minimum Gasteiger partial charge on any atom is -0.469 e. The molecule has 35 heavy (non-hydrogen) atoms. The fourth-order valence-electron chi connectivity index (χ4n) is 4.98. The van der Waals surface area contributed by atoms with Gasteiger partial charge in [0.1, 0.15) is 11.3 Å². The highest BCUT2D eigenvalue weighted by atomic mass is 32.2. The van der Waals surface area contributed by atoms with E-state index in [9.17, 15) is 22.8 Å². The fourth-order valence-corrected chi connectivity index (χ4v) is 5.88. The summed E-state index contributed by atoms with van der Waals surface area (Å²) in [4.78, 5) is 41.3. The van der Waals surface area contributed by atoms with Gasteiger partial charge in [0.05, 0.1) is 35.0 Å². The summed E-state index contributed by atoms with van der Waals surface area (Å²) in [6.45, 7) is 2.10. The Kier molecular flexibility index (Phi) is 7.02. The SMILES string of the molecule is Cc1occc1C(=O)NC1(C(=O)NC2CCN(c3ccccc3S(C)(=O)=O)CC2=O)CCCCC1. The van der Waals surface area contributed by atoms with Gasteiger partial charge in [0.25, 0.3) is 5.91 Å². The summed E-state index contributed by atoms with van der Waals surface area (Å²) in [6, 6.07) is 7.48. The molecule has 1 aromatic heterocycles. The molecule has 1 atom stereocenters. The van der Waals surface area contributed by atoms with E-state index in [1.807, 2.05) is 0 Å². The number of carbonyl (C=O) groups is 3. The summed E-state index contributed by atoms with van der Waals surface area (Å²) in [5.74, 6) is -0.441. The first-order chi connectivity index (χ1) is 16.6. The van der Waals surface area contributed by atoms with Crippen molar-refractivity contribution < 1.29 is 27.2 Å². The van der Waals surface area contributed by atoms with E-state index in [1.165, 1.54) is 12.3 Å². The molecule has 188 valence electrons. The number of nitrogens with zero attached hydrogens (tertiary/aromatic N) is 1. The van der Waals surface area contributed by atoms with Crippen LogP contribution in [-0.2, 0) is 19.4 Å². The van der Waals surface area contributed by atoms with E-state index in [1.54, 1.807) is 36.1 Å². The van der Waals surface area contributed by atoms with Gasteiger partial charge in [-0.1, -0.05) is 31.4 Å². The second-order valence-electron chi connectivity index (χ2n) is 9.43. The molecule has 10 heteroatoms. The monoisotopic (exact) mass is 501 g/mol. The molecule has 4 rings (SSSR count). The largest absolute Gasteiger partial charge is 0.469 e. The van der Waals surface area contributed by atoms with Crippen molar-refractivity contribution in [1.29, 1.82) is 0 Å². The molecular formula is C25H31N3O6S. The van der Waals surface area contributed by atoms with Crippen LogP contribution in [0.4, 0.5) is 5.69 Å². The minimum absolute atomic E-state index is 0.00888. The smallest absolute Gasteiger partial charge is 0.255 e. The van der Waals surface area contributed by atoms with Crippen molar-refractivity contribution >= 4 is 33.1 Å². The van der Waals surface area contributed by atoms with Crippen LogP contribution in [0.3, 0.4) is 0 Å². The number of hydrogen-bond acceptors (Lipinski definition) is 7. The van der Waals surface area contributed by atoms with E-state index in [-0.39, 0.29) is 29.0 Å². The zero-order chi connectivity index (χ0) is 25.2. The van der Waals surface area contributed by atoms with Gasteiger partial charge in [0, 0.05) is 12.8 Å². The second kappa shape index (κ2) is 9.85. The number of nitrogens with one attached hydrogen (secondary N) is 2. The molecule has 1 aliphatic carbocycles. The summed E-state index contributed by atoms with van der Waals surface area (Å²) in [7, 11) is -3.46. The Labute approximate surface area is 205 Å². The van der Waals surface area contributed by atoms with Gasteiger partial charge in [-0.2, -0.15) is 0 Å². The molecule has 2 N–H and O–H groups in total. The van der Waals surface area contributed by atoms with Crippen molar-refractivity contribution in [2.75, 3.05) is 24.2 Å². The van der Waals surface area contributed by atoms with E-state index in [0.29, 0.717) is 42.8 Å². The van der Waals surface area contributed by atoms with Gasteiger partial charge >= 0.3 is 0 Å². The molecule has 2 fully saturated rings. The highest BCUT2D eigenvalue weighted by Gasteiger charge is 2.43. The number of anilines is 1. The highest BCUT2D eigenvalue weighted by molar-refractivity contribution is 7.90. The quantitative estimate of drug-likeness (QED) is 0.622. The van der Waals surface area contributed by atoms with Crippen LogP contribution in [0.1, 0.15) is 54.6 Å². The number of ketones is 1. The van der Waals surface area contributed by atoms with Crippen molar-refractivity contribution in [3.8, 4) is 0 Å². The van der Waals surface area contributed by atoms with Gasteiger partial charge in [-0.05, 0) is 44.4 Å². The molecular weight excluding hydrogens is 470 g/mol. The van der Waals surface area contributed by atoms with Crippen molar-refractivity contribution in [3.05, 3.63) is 47.9 Å². The van der Waals surface area contributed by atoms with Crippen molar-refractivity contribution in [2.24, 2.45) is 0 Å². The predicted molar refractivity (Wildman–Crippen MR) is 130 cm³/mol. The van der Waals surface area contributed by atoms with Gasteiger partial charge in [0.2, 0.25) is 5.91 Å². The van der Waals surface area contributed by atoms with Crippen LogP contribution in [0.2, 0.25) is 0 Å². The summed E-state index contributed by atoms with van der Waals surface area (Å²) in [5.41, 5.74) is -0.212. The molecule has 1 aliphatic heterocycles. The van der Waals surface area contributed by atoms with E-state index in [0.717, 1.165) is 25.5 Å². The first-order valence-electron chi connectivity index (χ1n) is 11.8. The average molecular weight is 502 g/mol. The standard InChI is InChI=1S/C25H31N3O6S/c1-17-18(11-15-34-17)23(30)27-25(12-6-3-7-13-25)24(31)26-19-10-14-28(16-21(19)29)20-8-4-5-9-22(20)35(2,32)33/h4-5,8-9,11,15,19H,3,6-7,10,12-14,16H2,1-2H3,(H,26,31)(H,27,30). The van der Waals surface area contributed by atoms with Crippen molar-refractivity contribution in [1.82, 2.24) is 10.6 Å². The Morgan fingerprint density at radius 3 is 2.46 bits per heavy atom. The van der Waals surface area contributed by atoms with E-state index < -0.39 is 21.4 Å². The summed E-state index contributed by atoms with van der Waals surface area (Å²) in [6.07, 6.45) is 6.49. The Morgan fingerprint density at radius 2 is 1.83 bits per heavy atom. The van der Waals surface area contributed by atoms with Gasteiger partial charge in [0.15, 0.2) is 15.6 Å². The van der Waals surface area contributed by atoms with Crippen LogP contribution in [0.5, 0.6) is 0 Å². The zero-order valence-electron chi connectivity index (χ0n) is 20.0. The number of hydrogen-bond donors (Lipinski definition) is 2. The summed E-state index contributed by atoms with van der Waals surface area (Å²) < 4.78 is 29.6. The number of sulfone groups is 1. The number of carbonyl (C=O) groups excluding carboxylic acids is 3. The molecule has 0 bridgehead atoms.